The van der Waals surface area contributed by atoms with Gasteiger partial charge in [-0.2, -0.15) is 4.37 Å². The quantitative estimate of drug-likeness (QED) is 0.841. The van der Waals surface area contributed by atoms with E-state index in [1.807, 2.05) is 14.0 Å². The number of ether oxygens (including phenoxy) is 1. The molecule has 0 spiro atoms. The van der Waals surface area contributed by atoms with Crippen molar-refractivity contribution in [3.63, 3.8) is 0 Å². The second-order valence-corrected chi connectivity index (χ2v) is 5.77. The zero-order valence-corrected chi connectivity index (χ0v) is 12.0. The number of hydrogen-bond donors (Lipinski definition) is 1. The summed E-state index contributed by atoms with van der Waals surface area (Å²) in [5.74, 6) is 0.741. The zero-order valence-electron chi connectivity index (χ0n) is 11.2. The second kappa shape index (κ2) is 5.75. The van der Waals surface area contributed by atoms with Gasteiger partial charge in [0.25, 0.3) is 0 Å². The minimum Gasteiger partial charge on any atom is -0.374 e. The van der Waals surface area contributed by atoms with Crippen molar-refractivity contribution in [1.82, 2.24) is 9.36 Å². The second-order valence-electron chi connectivity index (χ2n) is 5.04. The molecule has 0 radical (unpaired) electrons. The maximum Gasteiger partial charge on any atom is 0.205 e. The van der Waals surface area contributed by atoms with Crippen molar-refractivity contribution < 1.29 is 4.74 Å². The first kappa shape index (κ1) is 14.3. The molecule has 0 bridgehead atoms. The average Bonchev–Trinajstić information content (AvgIpc) is 2.77. The summed E-state index contributed by atoms with van der Waals surface area (Å²) in [5.41, 5.74) is 5.81. The Morgan fingerprint density at radius 2 is 2.18 bits per heavy atom. The Morgan fingerprint density at radius 1 is 1.53 bits per heavy atom. The molecule has 6 heteroatoms. The van der Waals surface area contributed by atoms with Crippen molar-refractivity contribution in [2.75, 3.05) is 32.1 Å². The molecular formula is C11H22N4OS. The highest BCUT2D eigenvalue weighted by molar-refractivity contribution is 7.09. The molecule has 98 valence electrons. The highest BCUT2D eigenvalue weighted by atomic mass is 32.1. The number of methoxy groups -OCH3 is 1. The molecule has 1 heterocycles. The predicted octanol–water partition coefficient (Wildman–Crippen LogP) is 1.67. The lowest BCUT2D eigenvalue weighted by Crippen LogP contribution is -2.36. The third-order valence-corrected chi connectivity index (χ3v) is 3.54. The van der Waals surface area contributed by atoms with E-state index < -0.39 is 0 Å². The lowest BCUT2D eigenvalue weighted by molar-refractivity contribution is 0.113. The maximum atomic E-state index is 5.73. The molecule has 0 saturated carbocycles. The smallest absolute Gasteiger partial charge is 0.205 e. The lowest BCUT2D eigenvalue weighted by atomic mass is 9.93. The van der Waals surface area contributed by atoms with Crippen LogP contribution in [-0.4, -0.2) is 36.6 Å². The molecule has 0 amide bonds. The van der Waals surface area contributed by atoms with Gasteiger partial charge >= 0.3 is 0 Å². The number of nitrogens with zero attached hydrogens (tertiary/aromatic N) is 3. The summed E-state index contributed by atoms with van der Waals surface area (Å²) in [6.07, 6.45) is -0.0593. The van der Waals surface area contributed by atoms with E-state index in [0.717, 1.165) is 17.5 Å². The molecule has 1 aromatic rings. The van der Waals surface area contributed by atoms with Crippen LogP contribution in [0.4, 0.5) is 5.13 Å². The number of nitrogens with two attached hydrogens (primary N) is 1. The normalized spacial score (nSPS) is 13.8. The summed E-state index contributed by atoms with van der Waals surface area (Å²) in [5, 5.41) is 0.908. The van der Waals surface area contributed by atoms with Crippen molar-refractivity contribution in [3.05, 3.63) is 5.82 Å². The van der Waals surface area contributed by atoms with E-state index in [0.29, 0.717) is 6.54 Å². The van der Waals surface area contributed by atoms with E-state index in [1.54, 1.807) is 7.11 Å². The Labute approximate surface area is 107 Å². The molecule has 1 unspecified atom stereocenters. The summed E-state index contributed by atoms with van der Waals surface area (Å²) < 4.78 is 9.49. The molecule has 1 aromatic heterocycles. The van der Waals surface area contributed by atoms with E-state index in [1.165, 1.54) is 11.5 Å². The van der Waals surface area contributed by atoms with Gasteiger partial charge < -0.3 is 15.4 Å². The van der Waals surface area contributed by atoms with Gasteiger partial charge in [0, 0.05) is 32.2 Å². The molecule has 2 N–H and O–H groups in total. The fourth-order valence-electron chi connectivity index (χ4n) is 1.43. The van der Waals surface area contributed by atoms with Gasteiger partial charge in [0.2, 0.25) is 5.13 Å². The van der Waals surface area contributed by atoms with Crippen molar-refractivity contribution in [1.29, 1.82) is 0 Å². The molecule has 0 aromatic carbocycles. The molecule has 17 heavy (non-hydrogen) atoms. The Balaban J connectivity index is 2.70. The first-order chi connectivity index (χ1) is 7.89. The first-order valence-corrected chi connectivity index (χ1v) is 6.44. The van der Waals surface area contributed by atoms with Crippen molar-refractivity contribution in [3.8, 4) is 0 Å². The van der Waals surface area contributed by atoms with Crippen LogP contribution in [0.5, 0.6) is 0 Å². The number of rotatable bonds is 6. The van der Waals surface area contributed by atoms with Gasteiger partial charge in [-0.15, -0.1) is 0 Å². The van der Waals surface area contributed by atoms with Gasteiger partial charge in [0.1, 0.15) is 6.10 Å². The third-order valence-electron chi connectivity index (χ3n) is 2.69. The molecule has 0 aliphatic rings. The van der Waals surface area contributed by atoms with Gasteiger partial charge in [-0.05, 0) is 18.9 Å². The monoisotopic (exact) mass is 258 g/mol. The van der Waals surface area contributed by atoms with Crippen LogP contribution < -0.4 is 10.6 Å². The van der Waals surface area contributed by atoms with E-state index in [-0.39, 0.29) is 11.5 Å². The van der Waals surface area contributed by atoms with Gasteiger partial charge in [0.15, 0.2) is 5.82 Å². The van der Waals surface area contributed by atoms with Crippen LogP contribution in [0.3, 0.4) is 0 Å². The van der Waals surface area contributed by atoms with E-state index in [2.05, 4.69) is 28.1 Å². The standard InChI is InChI=1S/C11H22N4OS/c1-8(16-5)9-13-10(17-14-9)15(4)7-11(2,3)6-12/h8H,6-7,12H2,1-5H3. The topological polar surface area (TPSA) is 64.3 Å². The van der Waals surface area contributed by atoms with Crippen LogP contribution in [-0.2, 0) is 4.74 Å². The molecule has 1 atom stereocenters. The molecule has 0 saturated heterocycles. The fraction of sp³-hybridized carbons (Fsp3) is 0.818. The van der Waals surface area contributed by atoms with Gasteiger partial charge in [0.05, 0.1) is 0 Å². The fourth-order valence-corrected chi connectivity index (χ4v) is 2.13. The largest absolute Gasteiger partial charge is 0.374 e. The van der Waals surface area contributed by atoms with Gasteiger partial charge in [-0.3, -0.25) is 0 Å². The molecule has 1 rings (SSSR count). The Bertz CT molecular complexity index is 353. The van der Waals surface area contributed by atoms with Crippen molar-refractivity contribution in [2.45, 2.75) is 26.9 Å². The third kappa shape index (κ3) is 3.90. The van der Waals surface area contributed by atoms with Crippen molar-refractivity contribution >= 4 is 16.7 Å². The average molecular weight is 258 g/mol. The van der Waals surface area contributed by atoms with E-state index in [9.17, 15) is 0 Å². The molecule has 0 fully saturated rings. The molecular weight excluding hydrogens is 236 g/mol. The zero-order chi connectivity index (χ0) is 13.1. The van der Waals surface area contributed by atoms with E-state index >= 15 is 0 Å². The number of hydrogen-bond acceptors (Lipinski definition) is 6. The number of anilines is 1. The highest BCUT2D eigenvalue weighted by Crippen LogP contribution is 2.24. The molecule has 0 aliphatic carbocycles. The van der Waals surface area contributed by atoms with E-state index in [4.69, 9.17) is 10.5 Å². The predicted molar refractivity (Wildman–Crippen MR) is 71.4 cm³/mol. The van der Waals surface area contributed by atoms with Crippen LogP contribution >= 0.6 is 11.5 Å². The SMILES string of the molecule is COC(C)c1nsc(N(C)CC(C)(C)CN)n1. The van der Waals surface area contributed by atoms with Crippen LogP contribution in [0.1, 0.15) is 32.7 Å². The minimum absolute atomic E-state index is 0.0593. The van der Waals surface area contributed by atoms with Gasteiger partial charge in [-0.1, -0.05) is 13.8 Å². The summed E-state index contributed by atoms with van der Waals surface area (Å²) in [6.45, 7) is 7.74. The van der Waals surface area contributed by atoms with Gasteiger partial charge in [-0.25, -0.2) is 4.98 Å². The first-order valence-electron chi connectivity index (χ1n) is 5.67. The minimum atomic E-state index is -0.0593. The maximum absolute atomic E-state index is 5.73. The summed E-state index contributed by atoms with van der Waals surface area (Å²) >= 11 is 1.40. The summed E-state index contributed by atoms with van der Waals surface area (Å²) in [6, 6.07) is 0. The Hall–Kier alpha value is -0.720. The van der Waals surface area contributed by atoms with Crippen molar-refractivity contribution in [2.24, 2.45) is 11.1 Å². The molecule has 5 nitrogen and oxygen atoms in total. The summed E-state index contributed by atoms with van der Waals surface area (Å²) in [7, 11) is 3.67. The highest BCUT2D eigenvalue weighted by Gasteiger charge is 2.21. The van der Waals surface area contributed by atoms with Crippen LogP contribution in [0.25, 0.3) is 0 Å². The molecule has 0 aliphatic heterocycles. The van der Waals surface area contributed by atoms with Crippen LogP contribution in [0.15, 0.2) is 0 Å². The van der Waals surface area contributed by atoms with Crippen LogP contribution in [0.2, 0.25) is 0 Å². The van der Waals surface area contributed by atoms with Crippen LogP contribution in [0, 0.1) is 5.41 Å². The Morgan fingerprint density at radius 3 is 2.71 bits per heavy atom. The Kier molecular flexibility index (Phi) is 4.85. The number of aromatic nitrogens is 2. The summed E-state index contributed by atoms with van der Waals surface area (Å²) in [4.78, 5) is 6.56. The lowest BCUT2D eigenvalue weighted by Gasteiger charge is -2.28.